The Morgan fingerprint density at radius 3 is 2.38 bits per heavy atom. The number of hydrogen-bond acceptors (Lipinski definition) is 3. The second kappa shape index (κ2) is 2.44. The Balaban J connectivity index is 2.28. The molecule has 1 saturated heterocycles. The summed E-state index contributed by atoms with van der Waals surface area (Å²) < 4.78 is 4.84. The highest BCUT2D eigenvalue weighted by atomic mass is 16.5. The molecule has 48 valence electrons. The highest BCUT2D eigenvalue weighted by Crippen LogP contribution is 2.05. The smallest absolute Gasteiger partial charge is 0.103 e. The number of aliphatic hydroxyl groups excluding tert-OH is 2. The van der Waals surface area contributed by atoms with E-state index in [2.05, 4.69) is 0 Å². The summed E-state index contributed by atoms with van der Waals surface area (Å²) >= 11 is 0. The zero-order valence-corrected chi connectivity index (χ0v) is 4.58. The van der Waals surface area contributed by atoms with E-state index in [-0.39, 0.29) is 6.61 Å². The third-order valence-corrected chi connectivity index (χ3v) is 1.29. The van der Waals surface area contributed by atoms with Gasteiger partial charge >= 0.3 is 0 Å². The lowest BCUT2D eigenvalue weighted by atomic mass is 10.1. The maximum absolute atomic E-state index is 8.85. The highest BCUT2D eigenvalue weighted by Gasteiger charge is 2.20. The van der Waals surface area contributed by atoms with Crippen molar-refractivity contribution in [3.05, 3.63) is 0 Å². The van der Waals surface area contributed by atoms with Crippen molar-refractivity contribution in [1.82, 2.24) is 0 Å². The molecule has 1 heterocycles. The lowest BCUT2D eigenvalue weighted by Crippen LogP contribution is -2.36. The van der Waals surface area contributed by atoms with Gasteiger partial charge in [0.25, 0.3) is 0 Å². The number of rotatable bonds is 0. The monoisotopic (exact) mass is 118 g/mol. The number of ether oxygens (including phenoxy) is 1. The number of aliphatic hydroxyl groups is 2. The summed E-state index contributed by atoms with van der Waals surface area (Å²) in [6, 6.07) is 0. The second-order valence-corrected chi connectivity index (χ2v) is 2.00. The molecule has 1 rings (SSSR count). The van der Waals surface area contributed by atoms with Gasteiger partial charge in [-0.1, -0.05) is 0 Å². The van der Waals surface area contributed by atoms with Crippen LogP contribution in [0.15, 0.2) is 0 Å². The lowest BCUT2D eigenvalue weighted by molar-refractivity contribution is -0.0852. The van der Waals surface area contributed by atoms with Crippen LogP contribution < -0.4 is 0 Å². The van der Waals surface area contributed by atoms with Crippen LogP contribution in [0.3, 0.4) is 0 Å². The predicted octanol–water partition coefficient (Wildman–Crippen LogP) is -0.872. The molecule has 0 aromatic heterocycles. The Morgan fingerprint density at radius 1 is 1.25 bits per heavy atom. The molecule has 1 fully saturated rings. The molecule has 0 aromatic carbocycles. The molecule has 0 bridgehead atoms. The first-order valence-electron chi connectivity index (χ1n) is 2.74. The average molecular weight is 118 g/mol. The molecule has 2 N–H and O–H groups in total. The molecular formula is C5H10O3. The second-order valence-electron chi connectivity index (χ2n) is 2.00. The van der Waals surface area contributed by atoms with E-state index in [9.17, 15) is 0 Å². The van der Waals surface area contributed by atoms with E-state index in [0.717, 1.165) is 0 Å². The molecule has 0 aromatic rings. The quantitative estimate of drug-likeness (QED) is 0.434. The summed E-state index contributed by atoms with van der Waals surface area (Å²) in [4.78, 5) is 0. The topological polar surface area (TPSA) is 49.7 Å². The zero-order chi connectivity index (χ0) is 5.98. The van der Waals surface area contributed by atoms with Gasteiger partial charge in [-0.05, 0) is 6.42 Å². The van der Waals surface area contributed by atoms with Crippen molar-refractivity contribution in [1.29, 1.82) is 0 Å². The first kappa shape index (κ1) is 6.01. The molecule has 0 unspecified atom stereocenters. The van der Waals surface area contributed by atoms with Crippen molar-refractivity contribution in [2.75, 3.05) is 13.2 Å². The summed E-state index contributed by atoms with van der Waals surface area (Å²) in [5.41, 5.74) is 0. The van der Waals surface area contributed by atoms with Gasteiger partial charge in [0.1, 0.15) is 6.10 Å². The third kappa shape index (κ3) is 1.18. The Bertz CT molecular complexity index is 64.1. The normalized spacial score (nSPS) is 39.8. The molecule has 1 aliphatic rings. The van der Waals surface area contributed by atoms with Gasteiger partial charge in [-0.15, -0.1) is 0 Å². The van der Waals surface area contributed by atoms with Crippen molar-refractivity contribution < 1.29 is 14.9 Å². The van der Waals surface area contributed by atoms with Gasteiger partial charge in [0, 0.05) is 6.61 Å². The molecule has 0 radical (unpaired) electrons. The Kier molecular flexibility index (Phi) is 1.83. The highest BCUT2D eigenvalue weighted by molar-refractivity contribution is 4.69. The van der Waals surface area contributed by atoms with Crippen LogP contribution in [0.4, 0.5) is 0 Å². The minimum Gasteiger partial charge on any atom is -0.390 e. The van der Waals surface area contributed by atoms with Crippen LogP contribution in [-0.2, 0) is 4.74 Å². The summed E-state index contributed by atoms with van der Waals surface area (Å²) in [5, 5.41) is 17.7. The fourth-order valence-corrected chi connectivity index (χ4v) is 0.712. The summed E-state index contributed by atoms with van der Waals surface area (Å²) in [5.74, 6) is 0. The van der Waals surface area contributed by atoms with E-state index in [1.54, 1.807) is 0 Å². The zero-order valence-electron chi connectivity index (χ0n) is 4.58. The largest absolute Gasteiger partial charge is 0.390 e. The van der Waals surface area contributed by atoms with E-state index in [1.165, 1.54) is 0 Å². The summed E-state index contributed by atoms with van der Waals surface area (Å²) in [7, 11) is 0. The fourth-order valence-electron chi connectivity index (χ4n) is 0.712. The van der Waals surface area contributed by atoms with E-state index in [4.69, 9.17) is 14.9 Å². The first-order valence-corrected chi connectivity index (χ1v) is 2.74. The summed E-state index contributed by atoms with van der Waals surface area (Å²) in [6.07, 6.45) is -0.672. The third-order valence-electron chi connectivity index (χ3n) is 1.29. The van der Waals surface area contributed by atoms with Crippen molar-refractivity contribution in [2.24, 2.45) is 0 Å². The van der Waals surface area contributed by atoms with Crippen LogP contribution in [0.1, 0.15) is 6.42 Å². The molecule has 0 aliphatic carbocycles. The minimum atomic E-state index is -0.663. The molecule has 8 heavy (non-hydrogen) atoms. The number of hydrogen-bond donors (Lipinski definition) is 2. The fraction of sp³-hybridized carbons (Fsp3) is 1.00. The van der Waals surface area contributed by atoms with Crippen molar-refractivity contribution in [2.45, 2.75) is 18.6 Å². The van der Waals surface area contributed by atoms with Crippen molar-refractivity contribution >= 4 is 0 Å². The predicted molar refractivity (Wildman–Crippen MR) is 27.4 cm³/mol. The molecule has 1 aliphatic heterocycles. The van der Waals surface area contributed by atoms with Gasteiger partial charge < -0.3 is 14.9 Å². The van der Waals surface area contributed by atoms with Gasteiger partial charge in [0.2, 0.25) is 0 Å². The van der Waals surface area contributed by atoms with Crippen LogP contribution in [0, 0.1) is 0 Å². The van der Waals surface area contributed by atoms with Gasteiger partial charge in [-0.3, -0.25) is 0 Å². The average Bonchev–Trinajstić information content (AvgIpc) is 1.77. The van der Waals surface area contributed by atoms with Crippen LogP contribution in [0.5, 0.6) is 0 Å². The van der Waals surface area contributed by atoms with Crippen LogP contribution >= 0.6 is 0 Å². The van der Waals surface area contributed by atoms with Crippen LogP contribution in [0.25, 0.3) is 0 Å². The standard InChI is InChI=1S/C5H10O3/c6-4-1-2-8-3-5(4)7/h4-7H,1-3H2/t4-,5+/m0/s1. The lowest BCUT2D eigenvalue weighted by Gasteiger charge is -2.22. The molecular weight excluding hydrogens is 108 g/mol. The SMILES string of the molecule is O[C@@H]1COCC[C@@H]1O. The van der Waals surface area contributed by atoms with Crippen LogP contribution in [-0.4, -0.2) is 35.6 Å². The van der Waals surface area contributed by atoms with E-state index in [1.807, 2.05) is 0 Å². The maximum atomic E-state index is 8.85. The Hall–Kier alpha value is -0.120. The minimum absolute atomic E-state index is 0.279. The van der Waals surface area contributed by atoms with Crippen molar-refractivity contribution in [3.63, 3.8) is 0 Å². The van der Waals surface area contributed by atoms with E-state index >= 15 is 0 Å². The van der Waals surface area contributed by atoms with Gasteiger partial charge in [0.05, 0.1) is 12.7 Å². The van der Waals surface area contributed by atoms with Crippen molar-refractivity contribution in [3.8, 4) is 0 Å². The Labute approximate surface area is 47.9 Å². The van der Waals surface area contributed by atoms with Gasteiger partial charge in [-0.25, -0.2) is 0 Å². The molecule has 3 nitrogen and oxygen atoms in total. The maximum Gasteiger partial charge on any atom is 0.103 e. The first-order chi connectivity index (χ1) is 3.80. The molecule has 3 heteroatoms. The molecule has 0 spiro atoms. The van der Waals surface area contributed by atoms with E-state index in [0.29, 0.717) is 13.0 Å². The van der Waals surface area contributed by atoms with Gasteiger partial charge in [-0.2, -0.15) is 0 Å². The molecule has 2 atom stereocenters. The van der Waals surface area contributed by atoms with Gasteiger partial charge in [0.15, 0.2) is 0 Å². The Morgan fingerprint density at radius 2 is 2.00 bits per heavy atom. The van der Waals surface area contributed by atoms with Crippen LogP contribution in [0.2, 0.25) is 0 Å². The molecule has 0 saturated carbocycles. The van der Waals surface area contributed by atoms with E-state index < -0.39 is 12.2 Å². The summed E-state index contributed by atoms with van der Waals surface area (Å²) in [6.45, 7) is 0.847. The molecule has 0 amide bonds.